The molecular formula is C16H17NO4S. The van der Waals surface area contributed by atoms with Gasteiger partial charge in [0, 0.05) is 12.6 Å². The molecular weight excluding hydrogens is 302 g/mol. The van der Waals surface area contributed by atoms with Gasteiger partial charge in [0.1, 0.15) is 0 Å². The first-order valence-electron chi connectivity index (χ1n) is 7.20. The van der Waals surface area contributed by atoms with Crippen LogP contribution in [0.2, 0.25) is 0 Å². The first-order valence-corrected chi connectivity index (χ1v) is 8.85. The number of likely N-dealkylation sites (tertiary alicyclic amines) is 1. The smallest absolute Gasteiger partial charge is 0.289 e. The number of hydrogen-bond donors (Lipinski definition) is 0. The molecule has 116 valence electrons. The lowest BCUT2D eigenvalue weighted by Crippen LogP contribution is -2.39. The third kappa shape index (κ3) is 2.92. The third-order valence-electron chi connectivity index (χ3n) is 3.88. The van der Waals surface area contributed by atoms with Gasteiger partial charge >= 0.3 is 0 Å². The second-order valence-corrected chi connectivity index (χ2v) is 7.40. The van der Waals surface area contributed by atoms with Gasteiger partial charge in [-0.15, -0.1) is 0 Å². The number of nitrogens with zero attached hydrogens (tertiary/aromatic N) is 1. The summed E-state index contributed by atoms with van der Waals surface area (Å²) in [5.74, 6) is -0.0384. The second kappa shape index (κ2) is 5.96. The van der Waals surface area contributed by atoms with Crippen LogP contribution in [0.25, 0.3) is 0 Å². The Balaban J connectivity index is 1.78. The number of amides is 1. The highest BCUT2D eigenvalue weighted by Crippen LogP contribution is 2.24. The summed E-state index contributed by atoms with van der Waals surface area (Å²) in [7, 11) is -3.40. The number of furan rings is 1. The van der Waals surface area contributed by atoms with E-state index in [0.717, 1.165) is 6.42 Å². The first-order chi connectivity index (χ1) is 10.6. The number of hydrogen-bond acceptors (Lipinski definition) is 4. The number of carbonyl (C=O) groups excluding carboxylic acids is 1. The van der Waals surface area contributed by atoms with Gasteiger partial charge in [-0.25, -0.2) is 8.42 Å². The van der Waals surface area contributed by atoms with Crippen LogP contribution >= 0.6 is 0 Å². The van der Waals surface area contributed by atoms with E-state index in [1.807, 2.05) is 0 Å². The average molecular weight is 319 g/mol. The van der Waals surface area contributed by atoms with Crippen molar-refractivity contribution in [1.82, 2.24) is 4.90 Å². The van der Waals surface area contributed by atoms with Crippen molar-refractivity contribution in [3.8, 4) is 0 Å². The maximum atomic E-state index is 12.5. The van der Waals surface area contributed by atoms with Crippen molar-refractivity contribution in [2.24, 2.45) is 0 Å². The molecule has 2 heterocycles. The monoisotopic (exact) mass is 319 g/mol. The molecule has 1 aliphatic heterocycles. The van der Waals surface area contributed by atoms with Crippen LogP contribution in [0.1, 0.15) is 23.4 Å². The summed E-state index contributed by atoms with van der Waals surface area (Å²) in [5.41, 5.74) is 0. The molecule has 1 saturated heterocycles. The van der Waals surface area contributed by atoms with Crippen LogP contribution in [-0.2, 0) is 9.84 Å². The molecule has 1 aliphatic rings. The third-order valence-corrected chi connectivity index (χ3v) is 5.70. The van der Waals surface area contributed by atoms with E-state index in [1.165, 1.54) is 6.26 Å². The molecule has 0 aliphatic carbocycles. The molecule has 2 aromatic rings. The van der Waals surface area contributed by atoms with Gasteiger partial charge in [0.15, 0.2) is 15.6 Å². The Morgan fingerprint density at radius 1 is 1.18 bits per heavy atom. The molecule has 0 N–H and O–H groups in total. The Morgan fingerprint density at radius 3 is 2.64 bits per heavy atom. The fourth-order valence-corrected chi connectivity index (χ4v) is 4.41. The number of rotatable bonds is 4. The van der Waals surface area contributed by atoms with Crippen molar-refractivity contribution < 1.29 is 17.6 Å². The zero-order chi connectivity index (χ0) is 15.6. The molecule has 1 aromatic carbocycles. The predicted molar refractivity (Wildman–Crippen MR) is 81.3 cm³/mol. The lowest BCUT2D eigenvalue weighted by Gasteiger charge is -2.23. The van der Waals surface area contributed by atoms with E-state index in [1.54, 1.807) is 47.4 Å². The van der Waals surface area contributed by atoms with Gasteiger partial charge in [0.05, 0.1) is 16.9 Å². The van der Waals surface area contributed by atoms with E-state index in [9.17, 15) is 13.2 Å². The van der Waals surface area contributed by atoms with Crippen molar-refractivity contribution >= 4 is 15.7 Å². The summed E-state index contributed by atoms with van der Waals surface area (Å²) in [6, 6.07) is 11.3. The van der Waals surface area contributed by atoms with Gasteiger partial charge in [-0.05, 0) is 37.1 Å². The maximum absolute atomic E-state index is 12.5. The summed E-state index contributed by atoms with van der Waals surface area (Å²) in [5, 5.41) is 0. The van der Waals surface area contributed by atoms with Gasteiger partial charge in [-0.3, -0.25) is 4.79 Å². The molecule has 0 bridgehead atoms. The lowest BCUT2D eigenvalue weighted by molar-refractivity contribution is 0.0717. The molecule has 1 amide bonds. The predicted octanol–water partition coefficient (Wildman–Crippen LogP) is 2.36. The van der Waals surface area contributed by atoms with Crippen LogP contribution in [0.4, 0.5) is 0 Å². The standard InChI is InChI=1S/C16H17NO4S/c18-16(15-9-5-11-21-15)17-10-4-6-13(17)12-22(19,20)14-7-2-1-3-8-14/h1-3,5,7-9,11,13H,4,6,10,12H2. The molecule has 0 spiro atoms. The molecule has 0 radical (unpaired) electrons. The maximum Gasteiger partial charge on any atom is 0.289 e. The van der Waals surface area contributed by atoms with E-state index in [-0.39, 0.29) is 23.5 Å². The average Bonchev–Trinajstić information content (AvgIpc) is 3.18. The van der Waals surface area contributed by atoms with Crippen LogP contribution in [0.5, 0.6) is 0 Å². The Morgan fingerprint density at radius 2 is 1.95 bits per heavy atom. The molecule has 1 atom stereocenters. The normalized spacial score (nSPS) is 18.5. The van der Waals surface area contributed by atoms with E-state index in [0.29, 0.717) is 17.9 Å². The Hall–Kier alpha value is -2.08. The number of benzene rings is 1. The zero-order valence-electron chi connectivity index (χ0n) is 12.0. The zero-order valence-corrected chi connectivity index (χ0v) is 12.8. The highest BCUT2D eigenvalue weighted by molar-refractivity contribution is 7.91. The van der Waals surface area contributed by atoms with E-state index in [2.05, 4.69) is 0 Å². The minimum Gasteiger partial charge on any atom is -0.459 e. The van der Waals surface area contributed by atoms with Crippen LogP contribution in [0.15, 0.2) is 58.0 Å². The van der Waals surface area contributed by atoms with Crippen molar-refractivity contribution in [3.05, 3.63) is 54.5 Å². The summed E-state index contributed by atoms with van der Waals surface area (Å²) in [6.07, 6.45) is 2.94. The first kappa shape index (κ1) is 14.8. The molecule has 1 fully saturated rings. The van der Waals surface area contributed by atoms with Gasteiger partial charge < -0.3 is 9.32 Å². The van der Waals surface area contributed by atoms with Crippen molar-refractivity contribution in [2.75, 3.05) is 12.3 Å². The van der Waals surface area contributed by atoms with Gasteiger partial charge in [0.2, 0.25) is 0 Å². The Kier molecular flexibility index (Phi) is 4.02. The van der Waals surface area contributed by atoms with Crippen LogP contribution in [-0.4, -0.2) is 37.6 Å². The molecule has 5 nitrogen and oxygen atoms in total. The van der Waals surface area contributed by atoms with Crippen molar-refractivity contribution in [2.45, 2.75) is 23.8 Å². The largest absolute Gasteiger partial charge is 0.459 e. The molecule has 3 rings (SSSR count). The molecule has 1 aromatic heterocycles. The Labute approximate surface area is 129 Å². The number of carbonyl (C=O) groups is 1. The highest BCUT2D eigenvalue weighted by Gasteiger charge is 2.34. The SMILES string of the molecule is O=C(c1ccco1)N1CCCC1CS(=O)(=O)c1ccccc1. The fourth-order valence-electron chi connectivity index (χ4n) is 2.80. The Bertz CT molecular complexity index is 738. The van der Waals surface area contributed by atoms with Gasteiger partial charge in [0.25, 0.3) is 5.91 Å². The minimum absolute atomic E-state index is 0.0521. The highest BCUT2D eigenvalue weighted by atomic mass is 32.2. The summed E-state index contributed by atoms with van der Waals surface area (Å²) < 4.78 is 30.1. The lowest BCUT2D eigenvalue weighted by atomic mass is 10.2. The molecule has 22 heavy (non-hydrogen) atoms. The van der Waals surface area contributed by atoms with Crippen LogP contribution < -0.4 is 0 Å². The minimum atomic E-state index is -3.40. The summed E-state index contributed by atoms with van der Waals surface area (Å²) in [6.45, 7) is 0.564. The second-order valence-electron chi connectivity index (χ2n) is 5.37. The van der Waals surface area contributed by atoms with Crippen LogP contribution in [0, 0.1) is 0 Å². The fraction of sp³-hybridized carbons (Fsp3) is 0.312. The van der Waals surface area contributed by atoms with Crippen molar-refractivity contribution in [1.29, 1.82) is 0 Å². The molecule has 6 heteroatoms. The van der Waals surface area contributed by atoms with E-state index >= 15 is 0 Å². The quantitative estimate of drug-likeness (QED) is 0.867. The molecule has 0 saturated carbocycles. The van der Waals surface area contributed by atoms with Crippen molar-refractivity contribution in [3.63, 3.8) is 0 Å². The number of sulfone groups is 1. The van der Waals surface area contributed by atoms with E-state index < -0.39 is 9.84 Å². The van der Waals surface area contributed by atoms with Gasteiger partial charge in [-0.2, -0.15) is 0 Å². The topological polar surface area (TPSA) is 67.6 Å². The van der Waals surface area contributed by atoms with E-state index in [4.69, 9.17) is 4.42 Å². The summed E-state index contributed by atoms with van der Waals surface area (Å²) >= 11 is 0. The van der Waals surface area contributed by atoms with Gasteiger partial charge in [-0.1, -0.05) is 18.2 Å². The molecule has 1 unspecified atom stereocenters. The van der Waals surface area contributed by atoms with Crippen LogP contribution in [0.3, 0.4) is 0 Å². The summed E-state index contributed by atoms with van der Waals surface area (Å²) in [4.78, 5) is 14.3.